The molecule has 8 heteroatoms. The van der Waals surface area contributed by atoms with Gasteiger partial charge in [0.15, 0.2) is 5.65 Å². The molecular formula is C27H29N5O3. The van der Waals surface area contributed by atoms with E-state index in [9.17, 15) is 4.79 Å². The Bertz CT molecular complexity index is 1230. The van der Waals surface area contributed by atoms with Gasteiger partial charge in [0.25, 0.3) is 0 Å². The van der Waals surface area contributed by atoms with Gasteiger partial charge in [0.05, 0.1) is 18.5 Å². The normalized spacial score (nSPS) is 10.8. The minimum absolute atomic E-state index is 0.287. The van der Waals surface area contributed by atoms with Crippen LogP contribution in [0.15, 0.2) is 72.9 Å². The molecule has 0 atom stereocenters. The molecule has 0 radical (unpaired) electrons. The minimum atomic E-state index is -0.287. The third kappa shape index (κ3) is 7.22. The van der Waals surface area contributed by atoms with Gasteiger partial charge >= 0.3 is 6.03 Å². The number of ether oxygens (including phenoxy) is 2. The monoisotopic (exact) mass is 471 g/mol. The van der Waals surface area contributed by atoms with Crippen LogP contribution in [0.5, 0.6) is 5.75 Å². The number of carbonyl (C=O) groups excluding carboxylic acids is 1. The van der Waals surface area contributed by atoms with E-state index < -0.39 is 0 Å². The predicted molar refractivity (Wildman–Crippen MR) is 137 cm³/mol. The maximum absolute atomic E-state index is 12.3. The average molecular weight is 472 g/mol. The zero-order valence-corrected chi connectivity index (χ0v) is 19.7. The quantitative estimate of drug-likeness (QED) is 0.303. The van der Waals surface area contributed by atoms with Gasteiger partial charge in [-0.2, -0.15) is 0 Å². The molecule has 2 aromatic heterocycles. The van der Waals surface area contributed by atoms with Crippen LogP contribution in [0.3, 0.4) is 0 Å². The van der Waals surface area contributed by atoms with Crippen LogP contribution in [0.25, 0.3) is 22.4 Å². The Kier molecular flexibility index (Phi) is 8.56. The highest BCUT2D eigenvalue weighted by Gasteiger charge is 2.08. The molecule has 2 aromatic carbocycles. The van der Waals surface area contributed by atoms with Crippen LogP contribution in [0.2, 0.25) is 0 Å². The Morgan fingerprint density at radius 1 is 0.914 bits per heavy atom. The maximum Gasteiger partial charge on any atom is 0.320 e. The van der Waals surface area contributed by atoms with Crippen LogP contribution in [0.1, 0.15) is 18.4 Å². The number of anilines is 1. The lowest BCUT2D eigenvalue weighted by Gasteiger charge is -2.09. The van der Waals surface area contributed by atoms with E-state index in [2.05, 4.69) is 37.7 Å². The van der Waals surface area contributed by atoms with Gasteiger partial charge in [0.2, 0.25) is 0 Å². The number of urea groups is 1. The molecule has 0 bridgehead atoms. The zero-order valence-electron chi connectivity index (χ0n) is 19.7. The van der Waals surface area contributed by atoms with E-state index in [1.165, 1.54) is 5.56 Å². The fourth-order valence-electron chi connectivity index (χ4n) is 3.53. The van der Waals surface area contributed by atoms with Gasteiger partial charge in [-0.25, -0.2) is 14.8 Å². The number of amides is 2. The van der Waals surface area contributed by atoms with Gasteiger partial charge in [0, 0.05) is 19.2 Å². The second-order valence-corrected chi connectivity index (χ2v) is 7.98. The SMILES string of the molecule is COCCOc1ccc(-c2cnc3ccc(NC(=O)NCCCCc4ccccc4)nc3n2)cc1. The summed E-state index contributed by atoms with van der Waals surface area (Å²) >= 11 is 0. The highest BCUT2D eigenvalue weighted by atomic mass is 16.5. The highest BCUT2D eigenvalue weighted by Crippen LogP contribution is 2.22. The maximum atomic E-state index is 12.3. The van der Waals surface area contributed by atoms with E-state index in [0.717, 1.165) is 30.6 Å². The van der Waals surface area contributed by atoms with Crippen molar-refractivity contribution in [3.63, 3.8) is 0 Å². The molecule has 180 valence electrons. The van der Waals surface area contributed by atoms with Crippen molar-refractivity contribution in [3.05, 3.63) is 78.5 Å². The van der Waals surface area contributed by atoms with Crippen molar-refractivity contribution in [2.75, 3.05) is 32.2 Å². The van der Waals surface area contributed by atoms with E-state index in [1.807, 2.05) is 42.5 Å². The van der Waals surface area contributed by atoms with Crippen molar-refractivity contribution >= 4 is 23.0 Å². The summed E-state index contributed by atoms with van der Waals surface area (Å²) in [5, 5.41) is 5.66. The molecular weight excluding hydrogens is 442 g/mol. The lowest BCUT2D eigenvalue weighted by molar-refractivity contribution is 0.146. The van der Waals surface area contributed by atoms with Crippen molar-refractivity contribution in [1.82, 2.24) is 20.3 Å². The Labute approximate surface area is 204 Å². The Balaban J connectivity index is 1.30. The second-order valence-electron chi connectivity index (χ2n) is 7.98. The molecule has 4 aromatic rings. The van der Waals surface area contributed by atoms with Gasteiger partial charge in [-0.05, 0) is 61.2 Å². The molecule has 8 nitrogen and oxygen atoms in total. The molecule has 0 saturated heterocycles. The molecule has 0 aliphatic heterocycles. The fourth-order valence-corrected chi connectivity index (χ4v) is 3.53. The van der Waals surface area contributed by atoms with Crippen LogP contribution in [0.4, 0.5) is 10.6 Å². The first-order valence-corrected chi connectivity index (χ1v) is 11.7. The highest BCUT2D eigenvalue weighted by molar-refractivity contribution is 5.89. The molecule has 0 saturated carbocycles. The largest absolute Gasteiger partial charge is 0.491 e. The molecule has 2 heterocycles. The van der Waals surface area contributed by atoms with Crippen LogP contribution < -0.4 is 15.4 Å². The number of nitrogens with one attached hydrogen (secondary N) is 2. The smallest absolute Gasteiger partial charge is 0.320 e. The van der Waals surface area contributed by atoms with Crippen LogP contribution >= 0.6 is 0 Å². The molecule has 0 aliphatic rings. The number of benzene rings is 2. The number of carbonyl (C=O) groups is 1. The van der Waals surface area contributed by atoms with E-state index >= 15 is 0 Å². The summed E-state index contributed by atoms with van der Waals surface area (Å²) in [5.74, 6) is 1.18. The number of rotatable bonds is 11. The summed E-state index contributed by atoms with van der Waals surface area (Å²) in [5.41, 5.74) is 4.01. The van der Waals surface area contributed by atoms with Crippen LogP contribution in [-0.2, 0) is 11.2 Å². The number of hydrogen-bond acceptors (Lipinski definition) is 6. The fraction of sp³-hybridized carbons (Fsp3) is 0.259. The molecule has 2 N–H and O–H groups in total. The van der Waals surface area contributed by atoms with Gasteiger partial charge in [-0.3, -0.25) is 10.3 Å². The lowest BCUT2D eigenvalue weighted by atomic mass is 10.1. The molecule has 0 spiro atoms. The topological polar surface area (TPSA) is 98.3 Å². The number of aryl methyl sites for hydroxylation is 1. The molecule has 0 unspecified atom stereocenters. The summed E-state index contributed by atoms with van der Waals surface area (Å²) < 4.78 is 10.6. The Hall–Kier alpha value is -4.04. The number of nitrogens with zero attached hydrogens (tertiary/aromatic N) is 3. The summed E-state index contributed by atoms with van der Waals surface area (Å²) in [6.45, 7) is 1.63. The van der Waals surface area contributed by atoms with Gasteiger partial charge < -0.3 is 14.8 Å². The Morgan fingerprint density at radius 3 is 2.54 bits per heavy atom. The van der Waals surface area contributed by atoms with E-state index in [0.29, 0.717) is 42.4 Å². The van der Waals surface area contributed by atoms with Crippen molar-refractivity contribution in [2.45, 2.75) is 19.3 Å². The third-order valence-electron chi connectivity index (χ3n) is 5.38. The number of aromatic nitrogens is 3. The summed E-state index contributed by atoms with van der Waals surface area (Å²) in [6.07, 6.45) is 4.62. The first kappa shape index (κ1) is 24.1. The molecule has 0 fully saturated rings. The number of methoxy groups -OCH3 is 1. The predicted octanol–water partition coefficient (Wildman–Crippen LogP) is 4.86. The molecule has 0 aliphatic carbocycles. The minimum Gasteiger partial charge on any atom is -0.491 e. The average Bonchev–Trinajstić information content (AvgIpc) is 2.89. The number of hydrogen-bond donors (Lipinski definition) is 2. The van der Waals surface area contributed by atoms with Gasteiger partial charge in [-0.1, -0.05) is 30.3 Å². The third-order valence-corrected chi connectivity index (χ3v) is 5.38. The van der Waals surface area contributed by atoms with Gasteiger partial charge in [0.1, 0.15) is 23.7 Å². The van der Waals surface area contributed by atoms with E-state index in [1.54, 1.807) is 25.4 Å². The first-order chi connectivity index (χ1) is 17.2. The summed E-state index contributed by atoms with van der Waals surface area (Å²) in [7, 11) is 1.64. The first-order valence-electron chi connectivity index (χ1n) is 11.7. The van der Waals surface area contributed by atoms with Crippen molar-refractivity contribution in [3.8, 4) is 17.0 Å². The molecule has 4 rings (SSSR count). The second kappa shape index (κ2) is 12.4. The number of unbranched alkanes of at least 4 members (excludes halogenated alkanes) is 1. The standard InChI is InChI=1S/C27H29N5O3/c1-34-17-18-35-22-12-10-21(11-13-22)24-19-29-23-14-15-25(31-26(23)30-24)32-27(33)28-16-6-5-9-20-7-3-2-4-8-20/h2-4,7-8,10-15,19H,5-6,9,16-18H2,1H3,(H2,28,30,31,32,33). The van der Waals surface area contributed by atoms with Crippen LogP contribution in [0, 0.1) is 0 Å². The van der Waals surface area contributed by atoms with Crippen molar-refractivity contribution < 1.29 is 14.3 Å². The van der Waals surface area contributed by atoms with E-state index in [4.69, 9.17) is 9.47 Å². The zero-order chi connectivity index (χ0) is 24.3. The number of pyridine rings is 1. The summed E-state index contributed by atoms with van der Waals surface area (Å²) in [4.78, 5) is 25.8. The van der Waals surface area contributed by atoms with Crippen LogP contribution in [-0.4, -0.2) is 47.9 Å². The summed E-state index contributed by atoms with van der Waals surface area (Å²) in [6, 6.07) is 21.2. The van der Waals surface area contributed by atoms with E-state index in [-0.39, 0.29) is 6.03 Å². The van der Waals surface area contributed by atoms with Crippen molar-refractivity contribution in [1.29, 1.82) is 0 Å². The lowest BCUT2D eigenvalue weighted by Crippen LogP contribution is -2.29. The van der Waals surface area contributed by atoms with Gasteiger partial charge in [-0.15, -0.1) is 0 Å². The molecule has 2 amide bonds. The molecule has 35 heavy (non-hydrogen) atoms. The number of fused-ring (bicyclic) bond motifs is 1. The Morgan fingerprint density at radius 2 is 1.74 bits per heavy atom. The van der Waals surface area contributed by atoms with Crippen molar-refractivity contribution in [2.24, 2.45) is 0 Å².